The van der Waals surface area contributed by atoms with Crippen LogP contribution in [0.5, 0.6) is 11.5 Å². The number of benzene rings is 5. The lowest BCUT2D eigenvalue weighted by molar-refractivity contribution is -0.385. The van der Waals surface area contributed by atoms with Crippen LogP contribution in [0, 0.1) is 15.9 Å². The minimum Gasteiger partial charge on any atom is -0.497 e. The first kappa shape index (κ1) is 28.2. The minimum absolute atomic E-state index is 0.00120. The summed E-state index contributed by atoms with van der Waals surface area (Å²) in [6.45, 7) is 0. The molecule has 0 amide bonds. The van der Waals surface area contributed by atoms with Crippen LogP contribution in [-0.4, -0.2) is 39.4 Å². The van der Waals surface area contributed by atoms with Crippen LogP contribution in [0.2, 0.25) is 0 Å². The van der Waals surface area contributed by atoms with Crippen molar-refractivity contribution in [3.63, 3.8) is 0 Å². The smallest absolute Gasteiger partial charge is 0.314 e. The first-order valence-corrected chi connectivity index (χ1v) is 13.7. The highest BCUT2D eigenvalue weighted by Crippen LogP contribution is 2.46. The standard InChI is InChI=1S/C34H26FN5O4/c1-43-27-20-18-23(19-21-27)30-28(35)22-29(39(41)42)32(44-2)31(30)33-36-38-40(37-33)34(24-12-6-3-7-13-24,25-14-8-4-9-15-25)26-16-10-5-11-17-26/h3-22H,1-2H3. The zero-order valence-electron chi connectivity index (χ0n) is 23.8. The van der Waals surface area contributed by atoms with Gasteiger partial charge in [0.2, 0.25) is 11.6 Å². The Hall–Kier alpha value is -5.90. The average Bonchev–Trinajstić information content (AvgIpc) is 3.56. The Labute approximate surface area is 252 Å². The van der Waals surface area contributed by atoms with Gasteiger partial charge in [0.15, 0.2) is 5.54 Å². The Morgan fingerprint density at radius 3 is 1.73 bits per heavy atom. The molecule has 0 bridgehead atoms. The molecule has 218 valence electrons. The molecule has 5 aromatic carbocycles. The fourth-order valence-electron chi connectivity index (χ4n) is 5.56. The molecule has 0 aliphatic rings. The van der Waals surface area contributed by atoms with Crippen molar-refractivity contribution >= 4 is 5.69 Å². The molecule has 6 aromatic rings. The van der Waals surface area contributed by atoms with E-state index in [0.717, 1.165) is 22.8 Å². The number of rotatable bonds is 9. The van der Waals surface area contributed by atoms with Gasteiger partial charge in [0.05, 0.1) is 30.8 Å². The first-order valence-electron chi connectivity index (χ1n) is 13.7. The molecule has 10 heteroatoms. The number of ether oxygens (including phenoxy) is 2. The summed E-state index contributed by atoms with van der Waals surface area (Å²) in [6.07, 6.45) is 0. The second-order valence-corrected chi connectivity index (χ2v) is 9.86. The van der Waals surface area contributed by atoms with Crippen molar-refractivity contribution in [1.82, 2.24) is 20.2 Å². The average molecular weight is 588 g/mol. The number of nitro benzene ring substituents is 1. The van der Waals surface area contributed by atoms with Crippen molar-refractivity contribution < 1.29 is 18.8 Å². The molecule has 0 saturated heterocycles. The molecule has 6 rings (SSSR count). The zero-order chi connectivity index (χ0) is 30.7. The molecule has 1 heterocycles. The molecule has 0 radical (unpaired) electrons. The quantitative estimate of drug-likeness (QED) is 0.103. The van der Waals surface area contributed by atoms with Crippen molar-refractivity contribution in [3.8, 4) is 34.0 Å². The summed E-state index contributed by atoms with van der Waals surface area (Å²) in [4.78, 5) is 12.8. The lowest BCUT2D eigenvalue weighted by atomic mass is 9.77. The van der Waals surface area contributed by atoms with E-state index in [9.17, 15) is 10.1 Å². The van der Waals surface area contributed by atoms with Crippen LogP contribution in [0.1, 0.15) is 16.7 Å². The van der Waals surface area contributed by atoms with Crippen molar-refractivity contribution in [3.05, 3.63) is 154 Å². The normalized spacial score (nSPS) is 11.2. The summed E-state index contributed by atoms with van der Waals surface area (Å²) in [6, 6.07) is 36.6. The van der Waals surface area contributed by atoms with Crippen LogP contribution in [0.15, 0.2) is 121 Å². The molecular weight excluding hydrogens is 561 g/mol. The molecule has 0 saturated carbocycles. The number of tetrazole rings is 1. The maximum atomic E-state index is 15.9. The molecule has 0 aliphatic carbocycles. The van der Waals surface area contributed by atoms with Crippen LogP contribution < -0.4 is 9.47 Å². The maximum Gasteiger partial charge on any atom is 0.314 e. The number of hydrogen-bond acceptors (Lipinski definition) is 7. The van der Waals surface area contributed by atoms with Crippen molar-refractivity contribution in [1.29, 1.82) is 0 Å². The van der Waals surface area contributed by atoms with Gasteiger partial charge in [-0.05, 0) is 39.6 Å². The lowest BCUT2D eigenvalue weighted by Gasteiger charge is -2.34. The van der Waals surface area contributed by atoms with Gasteiger partial charge < -0.3 is 9.47 Å². The monoisotopic (exact) mass is 587 g/mol. The largest absolute Gasteiger partial charge is 0.497 e. The number of hydrogen-bond donors (Lipinski definition) is 0. The molecule has 0 unspecified atom stereocenters. The van der Waals surface area contributed by atoms with Gasteiger partial charge >= 0.3 is 5.69 Å². The van der Waals surface area contributed by atoms with Crippen molar-refractivity contribution in [2.45, 2.75) is 5.54 Å². The van der Waals surface area contributed by atoms with Gasteiger partial charge in [-0.2, -0.15) is 0 Å². The third-order valence-corrected chi connectivity index (χ3v) is 7.50. The predicted molar refractivity (Wildman–Crippen MR) is 163 cm³/mol. The number of halogens is 1. The highest BCUT2D eigenvalue weighted by molar-refractivity contribution is 5.88. The number of nitro groups is 1. The Kier molecular flexibility index (Phi) is 7.55. The Morgan fingerprint density at radius 1 is 0.750 bits per heavy atom. The molecule has 0 N–H and O–H groups in total. The molecule has 0 spiro atoms. The van der Waals surface area contributed by atoms with Crippen LogP contribution in [-0.2, 0) is 5.54 Å². The van der Waals surface area contributed by atoms with Crippen LogP contribution in [0.25, 0.3) is 22.5 Å². The van der Waals surface area contributed by atoms with E-state index < -0.39 is 22.0 Å². The van der Waals surface area contributed by atoms with Gasteiger partial charge in [0.1, 0.15) is 11.6 Å². The minimum atomic E-state index is -1.11. The molecule has 44 heavy (non-hydrogen) atoms. The van der Waals surface area contributed by atoms with Crippen molar-refractivity contribution in [2.24, 2.45) is 0 Å². The highest BCUT2D eigenvalue weighted by atomic mass is 19.1. The molecule has 0 atom stereocenters. The number of aromatic nitrogens is 4. The lowest BCUT2D eigenvalue weighted by Crippen LogP contribution is -2.39. The van der Waals surface area contributed by atoms with E-state index >= 15 is 4.39 Å². The van der Waals surface area contributed by atoms with Crippen LogP contribution >= 0.6 is 0 Å². The van der Waals surface area contributed by atoms with Crippen LogP contribution in [0.4, 0.5) is 10.1 Å². The summed E-state index contributed by atoms with van der Waals surface area (Å²) in [5.41, 5.74) is 1.30. The topological polar surface area (TPSA) is 105 Å². The van der Waals surface area contributed by atoms with Crippen LogP contribution in [0.3, 0.4) is 0 Å². The Balaban J connectivity index is 1.68. The van der Waals surface area contributed by atoms with Gasteiger partial charge in [-0.25, -0.2) is 4.39 Å². The first-order chi connectivity index (χ1) is 21.5. The SMILES string of the molecule is COc1ccc(-c2c(F)cc([N+](=O)[O-])c(OC)c2-c2nnn(C(c3ccccc3)(c3ccccc3)c3ccccc3)n2)cc1. The summed E-state index contributed by atoms with van der Waals surface area (Å²) < 4.78 is 26.7. The van der Waals surface area contributed by atoms with Gasteiger partial charge in [0.25, 0.3) is 0 Å². The second kappa shape index (κ2) is 11.8. The van der Waals surface area contributed by atoms with Gasteiger partial charge in [-0.1, -0.05) is 103 Å². The zero-order valence-corrected chi connectivity index (χ0v) is 23.8. The van der Waals surface area contributed by atoms with Crippen molar-refractivity contribution in [2.75, 3.05) is 14.2 Å². The summed E-state index contributed by atoms with van der Waals surface area (Å²) in [7, 11) is 2.81. The summed E-state index contributed by atoms with van der Waals surface area (Å²) in [5.74, 6) is -0.518. The van der Waals surface area contributed by atoms with E-state index in [2.05, 4.69) is 10.3 Å². The summed E-state index contributed by atoms with van der Waals surface area (Å²) in [5, 5.41) is 25.8. The fourth-order valence-corrected chi connectivity index (χ4v) is 5.56. The Morgan fingerprint density at radius 2 is 1.27 bits per heavy atom. The Bertz CT molecular complexity index is 1820. The molecule has 0 aliphatic heterocycles. The third-order valence-electron chi connectivity index (χ3n) is 7.50. The molecular formula is C34H26FN5O4. The van der Waals surface area contributed by atoms with E-state index in [1.54, 1.807) is 24.3 Å². The summed E-state index contributed by atoms with van der Waals surface area (Å²) >= 11 is 0. The highest BCUT2D eigenvalue weighted by Gasteiger charge is 2.42. The molecule has 0 fully saturated rings. The third kappa shape index (κ3) is 4.72. The van der Waals surface area contributed by atoms with E-state index in [0.29, 0.717) is 11.3 Å². The number of nitrogens with zero attached hydrogens (tertiary/aromatic N) is 5. The predicted octanol–water partition coefficient (Wildman–Crippen LogP) is 6.91. The fraction of sp³-hybridized carbons (Fsp3) is 0.0882. The van der Waals surface area contributed by atoms with E-state index in [1.165, 1.54) is 19.0 Å². The van der Waals surface area contributed by atoms with Gasteiger partial charge in [0, 0.05) is 5.56 Å². The molecule has 9 nitrogen and oxygen atoms in total. The molecule has 1 aromatic heterocycles. The number of methoxy groups -OCH3 is 2. The van der Waals surface area contributed by atoms with E-state index in [1.807, 2.05) is 91.0 Å². The van der Waals surface area contributed by atoms with E-state index in [4.69, 9.17) is 14.6 Å². The maximum absolute atomic E-state index is 15.9. The van der Waals surface area contributed by atoms with E-state index in [-0.39, 0.29) is 22.7 Å². The second-order valence-electron chi connectivity index (χ2n) is 9.86. The van der Waals surface area contributed by atoms with Gasteiger partial charge in [-0.15, -0.1) is 15.0 Å². The van der Waals surface area contributed by atoms with Gasteiger partial charge in [-0.3, -0.25) is 10.1 Å².